The van der Waals surface area contributed by atoms with Gasteiger partial charge in [-0.15, -0.1) is 0 Å². The molecule has 2 N–H and O–H groups in total. The Labute approximate surface area is 169 Å². The van der Waals surface area contributed by atoms with E-state index in [1.165, 1.54) is 11.6 Å². The maximum absolute atomic E-state index is 13.8. The number of nitrogens with zero attached hydrogens (tertiary/aromatic N) is 3. The van der Waals surface area contributed by atoms with E-state index < -0.39 is 11.6 Å². The van der Waals surface area contributed by atoms with Crippen LogP contribution < -0.4 is 10.6 Å². The first-order valence-electron chi connectivity index (χ1n) is 9.43. The third kappa shape index (κ3) is 5.19. The van der Waals surface area contributed by atoms with Gasteiger partial charge in [-0.25, -0.2) is 8.78 Å². The standard InChI is InChI=1S/C22H25F2N5/c1-15-20(16(2)29(28-15)14-17-7-5-4-6-8-17)13-27-22(25-3)26-12-18-11-19(23)9-10-21(18)24/h4-11H,12-14H2,1-3H3,(H2,25,26,27). The predicted octanol–water partition coefficient (Wildman–Crippen LogP) is 3.69. The van der Waals surface area contributed by atoms with Crippen molar-refractivity contribution in [3.05, 3.63) is 88.2 Å². The Hall–Kier alpha value is -3.22. The normalized spacial score (nSPS) is 11.6. The summed E-state index contributed by atoms with van der Waals surface area (Å²) in [5.74, 6) is -0.422. The van der Waals surface area contributed by atoms with Crippen molar-refractivity contribution in [3.63, 3.8) is 0 Å². The molecule has 0 unspecified atom stereocenters. The molecule has 152 valence electrons. The van der Waals surface area contributed by atoms with Crippen LogP contribution in [0.3, 0.4) is 0 Å². The fourth-order valence-corrected chi connectivity index (χ4v) is 3.15. The van der Waals surface area contributed by atoms with Crippen LogP contribution in [0, 0.1) is 25.5 Å². The molecular formula is C22H25F2N5. The smallest absolute Gasteiger partial charge is 0.191 e. The largest absolute Gasteiger partial charge is 0.352 e. The van der Waals surface area contributed by atoms with Crippen molar-refractivity contribution < 1.29 is 8.78 Å². The zero-order valence-electron chi connectivity index (χ0n) is 16.8. The molecule has 2 aromatic carbocycles. The lowest BCUT2D eigenvalue weighted by atomic mass is 10.2. The van der Waals surface area contributed by atoms with E-state index in [1.54, 1.807) is 7.05 Å². The highest BCUT2D eigenvalue weighted by Gasteiger charge is 2.13. The summed E-state index contributed by atoms with van der Waals surface area (Å²) in [7, 11) is 1.63. The van der Waals surface area contributed by atoms with Crippen LogP contribution in [0.25, 0.3) is 0 Å². The van der Waals surface area contributed by atoms with Crippen molar-refractivity contribution in [3.8, 4) is 0 Å². The molecule has 0 bridgehead atoms. The minimum atomic E-state index is -0.469. The van der Waals surface area contributed by atoms with Gasteiger partial charge >= 0.3 is 0 Å². The Balaban J connectivity index is 1.63. The van der Waals surface area contributed by atoms with Gasteiger partial charge in [0.25, 0.3) is 0 Å². The van der Waals surface area contributed by atoms with Crippen LogP contribution in [0.15, 0.2) is 53.5 Å². The average Bonchev–Trinajstić information content (AvgIpc) is 2.98. The van der Waals surface area contributed by atoms with Crippen LogP contribution >= 0.6 is 0 Å². The first-order chi connectivity index (χ1) is 14.0. The Morgan fingerprint density at radius 2 is 1.76 bits per heavy atom. The fraction of sp³-hybridized carbons (Fsp3) is 0.273. The molecule has 5 nitrogen and oxygen atoms in total. The lowest BCUT2D eigenvalue weighted by Gasteiger charge is -2.13. The summed E-state index contributed by atoms with van der Waals surface area (Å²) < 4.78 is 29.1. The minimum Gasteiger partial charge on any atom is -0.352 e. The van der Waals surface area contributed by atoms with E-state index in [-0.39, 0.29) is 12.1 Å². The van der Waals surface area contributed by atoms with Crippen LogP contribution in [0.2, 0.25) is 0 Å². The summed E-state index contributed by atoms with van der Waals surface area (Å²) in [6.45, 7) is 5.38. The molecule has 1 heterocycles. The lowest BCUT2D eigenvalue weighted by molar-refractivity contribution is 0.581. The van der Waals surface area contributed by atoms with Gasteiger partial charge in [0.15, 0.2) is 5.96 Å². The zero-order valence-corrected chi connectivity index (χ0v) is 16.8. The van der Waals surface area contributed by atoms with E-state index >= 15 is 0 Å². The van der Waals surface area contributed by atoms with Crippen LogP contribution in [0.5, 0.6) is 0 Å². The number of hydrogen-bond acceptors (Lipinski definition) is 2. The SMILES string of the molecule is CN=C(NCc1cc(F)ccc1F)NCc1c(C)nn(Cc2ccccc2)c1C. The molecule has 0 aliphatic rings. The lowest BCUT2D eigenvalue weighted by Crippen LogP contribution is -2.36. The maximum Gasteiger partial charge on any atom is 0.191 e. The van der Waals surface area contributed by atoms with E-state index in [4.69, 9.17) is 0 Å². The molecule has 0 spiro atoms. The van der Waals surface area contributed by atoms with Crippen molar-refractivity contribution in [2.45, 2.75) is 33.5 Å². The van der Waals surface area contributed by atoms with E-state index in [9.17, 15) is 8.78 Å². The molecule has 3 rings (SSSR count). The van der Waals surface area contributed by atoms with Gasteiger partial charge in [0.05, 0.1) is 12.2 Å². The number of aromatic nitrogens is 2. The molecule has 3 aromatic rings. The van der Waals surface area contributed by atoms with Crippen molar-refractivity contribution in [1.29, 1.82) is 0 Å². The zero-order chi connectivity index (χ0) is 20.8. The second kappa shape index (κ2) is 9.32. The molecule has 0 saturated carbocycles. The van der Waals surface area contributed by atoms with Crippen LogP contribution in [0.4, 0.5) is 8.78 Å². The van der Waals surface area contributed by atoms with Crippen LogP contribution in [-0.2, 0) is 19.6 Å². The molecule has 0 amide bonds. The molecule has 0 aliphatic carbocycles. The summed E-state index contributed by atoms with van der Waals surface area (Å²) in [5, 5.41) is 10.9. The number of aryl methyl sites for hydroxylation is 1. The highest BCUT2D eigenvalue weighted by molar-refractivity contribution is 5.79. The molecule has 0 fully saturated rings. The van der Waals surface area contributed by atoms with Gasteiger partial charge in [-0.2, -0.15) is 5.10 Å². The topological polar surface area (TPSA) is 54.2 Å². The summed E-state index contributed by atoms with van der Waals surface area (Å²) in [6.07, 6.45) is 0. The minimum absolute atomic E-state index is 0.133. The monoisotopic (exact) mass is 397 g/mol. The van der Waals surface area contributed by atoms with Gasteiger partial charge in [-0.05, 0) is 37.6 Å². The molecule has 0 radical (unpaired) electrons. The third-order valence-electron chi connectivity index (χ3n) is 4.82. The van der Waals surface area contributed by atoms with E-state index in [0.29, 0.717) is 19.0 Å². The number of guanidine groups is 1. The number of nitrogens with one attached hydrogen (secondary N) is 2. The Bertz CT molecular complexity index is 996. The molecular weight excluding hydrogens is 372 g/mol. The highest BCUT2D eigenvalue weighted by atomic mass is 19.1. The molecule has 7 heteroatoms. The van der Waals surface area contributed by atoms with Gasteiger partial charge in [-0.1, -0.05) is 30.3 Å². The maximum atomic E-state index is 13.8. The second-order valence-corrected chi connectivity index (χ2v) is 6.81. The first-order valence-corrected chi connectivity index (χ1v) is 9.43. The number of benzene rings is 2. The fourth-order valence-electron chi connectivity index (χ4n) is 3.15. The summed E-state index contributed by atoms with van der Waals surface area (Å²) >= 11 is 0. The number of halogens is 2. The summed E-state index contributed by atoms with van der Waals surface area (Å²) in [6, 6.07) is 13.6. The van der Waals surface area contributed by atoms with Crippen molar-refractivity contribution in [2.75, 3.05) is 7.05 Å². The Morgan fingerprint density at radius 1 is 1.03 bits per heavy atom. The predicted molar refractivity (Wildman–Crippen MR) is 111 cm³/mol. The summed E-state index contributed by atoms with van der Waals surface area (Å²) in [4.78, 5) is 4.16. The van der Waals surface area contributed by atoms with E-state index in [0.717, 1.165) is 29.1 Å². The van der Waals surface area contributed by atoms with Gasteiger partial charge < -0.3 is 10.6 Å². The summed E-state index contributed by atoms with van der Waals surface area (Å²) in [5.41, 5.74) is 4.53. The molecule has 0 saturated heterocycles. The quantitative estimate of drug-likeness (QED) is 0.493. The van der Waals surface area contributed by atoms with Crippen LogP contribution in [-0.4, -0.2) is 22.8 Å². The number of aliphatic imine (C=N–C) groups is 1. The second-order valence-electron chi connectivity index (χ2n) is 6.81. The first kappa shape index (κ1) is 20.5. The van der Waals surface area contributed by atoms with Gasteiger partial charge in [-0.3, -0.25) is 9.67 Å². The van der Waals surface area contributed by atoms with E-state index in [1.807, 2.05) is 36.7 Å². The Morgan fingerprint density at radius 3 is 2.48 bits per heavy atom. The van der Waals surface area contributed by atoms with Gasteiger partial charge in [0.2, 0.25) is 0 Å². The average molecular weight is 397 g/mol. The number of hydrogen-bond donors (Lipinski definition) is 2. The highest BCUT2D eigenvalue weighted by Crippen LogP contribution is 2.15. The van der Waals surface area contributed by atoms with Crippen molar-refractivity contribution in [1.82, 2.24) is 20.4 Å². The van der Waals surface area contributed by atoms with Crippen molar-refractivity contribution in [2.24, 2.45) is 4.99 Å². The molecule has 0 atom stereocenters. The molecule has 29 heavy (non-hydrogen) atoms. The molecule has 0 aliphatic heterocycles. The number of rotatable bonds is 6. The van der Waals surface area contributed by atoms with Crippen LogP contribution in [0.1, 0.15) is 28.1 Å². The third-order valence-corrected chi connectivity index (χ3v) is 4.82. The van der Waals surface area contributed by atoms with Crippen molar-refractivity contribution >= 4 is 5.96 Å². The van der Waals surface area contributed by atoms with E-state index in [2.05, 4.69) is 32.9 Å². The molecule has 1 aromatic heterocycles. The van der Waals surface area contributed by atoms with Gasteiger partial charge in [0, 0.05) is 37.0 Å². The van der Waals surface area contributed by atoms with Gasteiger partial charge in [0.1, 0.15) is 11.6 Å². The Kier molecular flexibility index (Phi) is 6.59.